The first-order valence-corrected chi connectivity index (χ1v) is 23.2. The summed E-state index contributed by atoms with van der Waals surface area (Å²) >= 11 is 1.97. The van der Waals surface area contributed by atoms with Gasteiger partial charge >= 0.3 is 0 Å². The van der Waals surface area contributed by atoms with Crippen molar-refractivity contribution >= 4 is 35.1 Å². The molecule has 0 fully saturated rings. The molecule has 1 aromatic heterocycles. The quantitative estimate of drug-likeness (QED) is 0.150. The van der Waals surface area contributed by atoms with E-state index >= 15 is 0 Å². The van der Waals surface area contributed by atoms with Crippen LogP contribution in [-0.4, -0.2) is 0 Å². The SMILES string of the molecule is C/C=C\c1c(C)sc2c1C(C)=CCC2.C=Cc1c(-c2ccccc2)cc2c(c1C=C)-c1ccc(C)cc1C2(c1ccccc1)c1ccccc1.CC.Cc1ccc(C(C)C)cc1. The van der Waals surface area contributed by atoms with Gasteiger partial charge in [-0.05, 0) is 137 Å². The second-order valence-corrected chi connectivity index (χ2v) is 17.6. The zero-order valence-corrected chi connectivity index (χ0v) is 39.3. The molecule has 1 heterocycles. The normalized spacial score (nSPS) is 12.9. The molecule has 1 heteroatoms. The van der Waals surface area contributed by atoms with Crippen LogP contribution in [0.3, 0.4) is 0 Å². The van der Waals surface area contributed by atoms with E-state index in [4.69, 9.17) is 0 Å². The van der Waals surface area contributed by atoms with Gasteiger partial charge in [-0.2, -0.15) is 0 Å². The van der Waals surface area contributed by atoms with Crippen molar-refractivity contribution in [1.29, 1.82) is 0 Å². The van der Waals surface area contributed by atoms with Gasteiger partial charge in [0.1, 0.15) is 0 Å². The maximum absolute atomic E-state index is 4.29. The Hall–Kier alpha value is -6.02. The highest BCUT2D eigenvalue weighted by molar-refractivity contribution is 7.12. The van der Waals surface area contributed by atoms with Gasteiger partial charge in [-0.15, -0.1) is 11.3 Å². The number of hydrogen-bond acceptors (Lipinski definition) is 1. The first kappa shape index (κ1) is 45.5. The highest BCUT2D eigenvalue weighted by Crippen LogP contribution is 2.59. The highest BCUT2D eigenvalue weighted by atomic mass is 32.1. The molecule has 0 N–H and O–H groups in total. The molecule has 0 spiro atoms. The summed E-state index contributed by atoms with van der Waals surface area (Å²) in [7, 11) is 0. The summed E-state index contributed by atoms with van der Waals surface area (Å²) in [6, 6.07) is 50.5. The predicted octanol–water partition coefficient (Wildman–Crippen LogP) is 17.9. The fraction of sp³-hybridized carbons (Fsp3) is 0.213. The van der Waals surface area contributed by atoms with E-state index in [1.807, 2.05) is 37.3 Å². The smallest absolute Gasteiger partial charge is 0.0714 e. The van der Waals surface area contributed by atoms with Crippen LogP contribution in [0.2, 0.25) is 0 Å². The summed E-state index contributed by atoms with van der Waals surface area (Å²) in [4.78, 5) is 3.04. The Morgan fingerprint density at radius 2 is 1.16 bits per heavy atom. The van der Waals surface area contributed by atoms with E-state index in [0.717, 1.165) is 11.1 Å². The van der Waals surface area contributed by atoms with Crippen molar-refractivity contribution < 1.29 is 0 Å². The Labute approximate surface area is 377 Å². The van der Waals surface area contributed by atoms with Crippen LogP contribution in [-0.2, 0) is 11.8 Å². The predicted molar refractivity (Wildman–Crippen MR) is 276 cm³/mol. The molecule has 7 aromatic rings. The van der Waals surface area contributed by atoms with Crippen molar-refractivity contribution in [2.75, 3.05) is 0 Å². The topological polar surface area (TPSA) is 0 Å². The third-order valence-corrected chi connectivity index (χ3v) is 13.2. The van der Waals surface area contributed by atoms with Crippen LogP contribution in [0.4, 0.5) is 0 Å². The Morgan fingerprint density at radius 1 is 0.597 bits per heavy atom. The van der Waals surface area contributed by atoms with Gasteiger partial charge in [0.15, 0.2) is 0 Å². The maximum atomic E-state index is 4.29. The first-order valence-electron chi connectivity index (χ1n) is 22.4. The standard InChI is InChI=1S/C36H28.C13H16S.C10H14.C2H6/c1-4-29-30(5-2)35-31-22-21-25(3)23-33(31)36(27-17-11-7-12-18-27,28-19-13-8-14-20-28)34(35)24-32(29)26-15-9-6-10-16-26;1-4-6-11-10(3)14-12-8-5-7-9(2)13(11)12;1-8(2)10-6-4-9(3)5-7-10;1-2/h4-24H,1-2H2,3H3;4,6-7H,5,8H2,1-3H3;4-8H,1-3H3;1-2H3/b;6-4-;;. The Bertz CT molecular complexity index is 2630. The minimum Gasteiger partial charge on any atom is -0.144 e. The average Bonchev–Trinajstić information content (AvgIpc) is 3.79. The van der Waals surface area contributed by atoms with Gasteiger partial charge in [-0.1, -0.05) is 216 Å². The number of fused-ring (bicyclic) bond motifs is 4. The Morgan fingerprint density at radius 3 is 1.71 bits per heavy atom. The summed E-state index contributed by atoms with van der Waals surface area (Å²) in [5.74, 6) is 0.653. The molecule has 0 bridgehead atoms. The fourth-order valence-electron chi connectivity index (χ4n) is 9.16. The second kappa shape index (κ2) is 20.7. The van der Waals surface area contributed by atoms with Crippen molar-refractivity contribution in [2.24, 2.45) is 0 Å². The van der Waals surface area contributed by atoms with Crippen LogP contribution in [0.15, 0.2) is 165 Å². The van der Waals surface area contributed by atoms with Gasteiger partial charge in [0.05, 0.1) is 5.41 Å². The molecule has 62 heavy (non-hydrogen) atoms. The highest BCUT2D eigenvalue weighted by Gasteiger charge is 2.47. The zero-order chi connectivity index (χ0) is 44.4. The molecule has 0 atom stereocenters. The van der Waals surface area contributed by atoms with Crippen LogP contribution in [0.1, 0.15) is 125 Å². The van der Waals surface area contributed by atoms with Gasteiger partial charge in [0.25, 0.3) is 0 Å². The summed E-state index contributed by atoms with van der Waals surface area (Å²) in [6.07, 6.45) is 13.2. The van der Waals surface area contributed by atoms with Crippen molar-refractivity contribution in [3.8, 4) is 22.3 Å². The molecule has 2 aliphatic carbocycles. The van der Waals surface area contributed by atoms with E-state index in [1.165, 1.54) is 95.6 Å². The van der Waals surface area contributed by atoms with Crippen LogP contribution in [0.25, 0.3) is 46.1 Å². The lowest BCUT2D eigenvalue weighted by molar-refractivity contribution is 0.767. The molecule has 0 aliphatic heterocycles. The minimum atomic E-state index is -0.444. The third-order valence-electron chi connectivity index (χ3n) is 12.1. The van der Waals surface area contributed by atoms with Gasteiger partial charge in [0.2, 0.25) is 0 Å². The molecular weight excluding hydrogens is 765 g/mol. The van der Waals surface area contributed by atoms with Gasteiger partial charge < -0.3 is 0 Å². The molecule has 2 aliphatic rings. The molecule has 9 rings (SSSR count). The summed E-state index contributed by atoms with van der Waals surface area (Å²) in [6.45, 7) is 27.8. The lowest BCUT2D eigenvalue weighted by atomic mass is 9.67. The van der Waals surface area contributed by atoms with Crippen molar-refractivity contribution in [3.63, 3.8) is 0 Å². The van der Waals surface area contributed by atoms with E-state index in [1.54, 1.807) is 4.88 Å². The molecule has 6 aromatic carbocycles. The van der Waals surface area contributed by atoms with E-state index in [0.29, 0.717) is 5.92 Å². The van der Waals surface area contributed by atoms with Crippen molar-refractivity contribution in [1.82, 2.24) is 0 Å². The van der Waals surface area contributed by atoms with Crippen molar-refractivity contribution in [2.45, 2.75) is 86.5 Å². The number of aryl methyl sites for hydroxylation is 4. The minimum absolute atomic E-state index is 0.444. The number of benzene rings is 6. The van der Waals surface area contributed by atoms with E-state index < -0.39 is 5.41 Å². The zero-order valence-electron chi connectivity index (χ0n) is 38.5. The maximum Gasteiger partial charge on any atom is 0.0714 e. The van der Waals surface area contributed by atoms with Crippen LogP contribution in [0, 0.1) is 20.8 Å². The van der Waals surface area contributed by atoms with Gasteiger partial charge in [0, 0.05) is 9.75 Å². The van der Waals surface area contributed by atoms with E-state index in [9.17, 15) is 0 Å². The molecule has 0 saturated heterocycles. The number of hydrogen-bond donors (Lipinski definition) is 0. The number of thiophene rings is 1. The molecule has 0 saturated carbocycles. The number of rotatable bonds is 7. The molecule has 0 nitrogen and oxygen atoms in total. The first-order chi connectivity index (χ1) is 30.1. The van der Waals surface area contributed by atoms with Crippen LogP contribution < -0.4 is 0 Å². The summed E-state index contributed by atoms with van der Waals surface area (Å²) < 4.78 is 0. The fourth-order valence-corrected chi connectivity index (χ4v) is 10.4. The van der Waals surface area contributed by atoms with Crippen molar-refractivity contribution in [3.05, 3.63) is 236 Å². The van der Waals surface area contributed by atoms with E-state index in [2.05, 4.69) is 219 Å². The van der Waals surface area contributed by atoms with E-state index in [-0.39, 0.29) is 0 Å². The Balaban J connectivity index is 0.000000201. The second-order valence-electron chi connectivity index (χ2n) is 16.3. The lowest BCUT2D eigenvalue weighted by Crippen LogP contribution is -2.28. The third kappa shape index (κ3) is 8.97. The summed E-state index contributed by atoms with van der Waals surface area (Å²) in [5.41, 5.74) is 20.3. The Kier molecular flexibility index (Phi) is 15.2. The van der Waals surface area contributed by atoms with Gasteiger partial charge in [-0.25, -0.2) is 0 Å². The molecule has 0 amide bonds. The molecule has 314 valence electrons. The average molecular weight is 829 g/mol. The van der Waals surface area contributed by atoms with Crippen LogP contribution in [0.5, 0.6) is 0 Å². The number of allylic oxidation sites excluding steroid dienone is 3. The van der Waals surface area contributed by atoms with Gasteiger partial charge in [-0.3, -0.25) is 0 Å². The largest absolute Gasteiger partial charge is 0.144 e. The molecule has 0 unspecified atom stereocenters. The summed E-state index contributed by atoms with van der Waals surface area (Å²) in [5, 5.41) is 0. The monoisotopic (exact) mass is 828 g/mol. The molecule has 0 radical (unpaired) electrons. The lowest BCUT2D eigenvalue weighted by Gasteiger charge is -2.34. The van der Waals surface area contributed by atoms with Crippen LogP contribution >= 0.6 is 11.3 Å². The molecular formula is C61H64S.